The van der Waals surface area contributed by atoms with Gasteiger partial charge in [0.05, 0.1) is 25.9 Å². The Kier molecular flexibility index (Phi) is 9.46. The molecule has 2 fully saturated rings. The number of benzene rings is 1. The van der Waals surface area contributed by atoms with Gasteiger partial charge in [-0.25, -0.2) is 9.37 Å². The van der Waals surface area contributed by atoms with Crippen molar-refractivity contribution in [2.75, 3.05) is 45.3 Å². The number of halogens is 1. The second kappa shape index (κ2) is 13.0. The van der Waals surface area contributed by atoms with E-state index in [4.69, 9.17) is 19.2 Å². The number of nitrogens with one attached hydrogen (secondary N) is 1. The summed E-state index contributed by atoms with van der Waals surface area (Å²) in [5.74, 6) is 0.449. The zero-order valence-electron chi connectivity index (χ0n) is 24.6. The first-order chi connectivity index (χ1) is 19.7. The number of pyridine rings is 1. The lowest BCUT2D eigenvalue weighted by Crippen LogP contribution is -2.35. The molecule has 2 N–H and O–H groups in total. The molecule has 41 heavy (non-hydrogen) atoms. The molecule has 0 aliphatic carbocycles. The van der Waals surface area contributed by atoms with Crippen molar-refractivity contribution in [2.45, 2.75) is 83.5 Å². The Bertz CT molecular complexity index is 1190. The number of carboxylic acid groups (broad SMARTS) is 1. The SMILES string of the molecule is COc1cc(CCCCO[C@@H]2CCN([C@@H](C(=O)O)c3cc(F)ccc3[C@H]3CCC(C)(C)CO3)C2)nc2c1CCCN2. The molecule has 8 nitrogen and oxygen atoms in total. The molecule has 9 heteroatoms. The summed E-state index contributed by atoms with van der Waals surface area (Å²) in [6.45, 7) is 7.56. The summed E-state index contributed by atoms with van der Waals surface area (Å²) < 4.78 is 32.3. The maximum atomic E-state index is 14.4. The first-order valence-corrected chi connectivity index (χ1v) is 15.0. The van der Waals surface area contributed by atoms with Crippen LogP contribution in [0.1, 0.15) is 86.9 Å². The topological polar surface area (TPSA) is 93.2 Å². The van der Waals surface area contributed by atoms with E-state index in [1.807, 2.05) is 11.0 Å². The Morgan fingerprint density at radius 2 is 2.15 bits per heavy atom. The van der Waals surface area contributed by atoms with Crippen molar-refractivity contribution in [3.05, 3.63) is 52.5 Å². The van der Waals surface area contributed by atoms with Crippen LogP contribution in [0.3, 0.4) is 0 Å². The van der Waals surface area contributed by atoms with Crippen LogP contribution >= 0.6 is 0 Å². The number of ether oxygens (including phenoxy) is 3. The third-order valence-corrected chi connectivity index (χ3v) is 8.66. The van der Waals surface area contributed by atoms with E-state index in [-0.39, 0.29) is 17.6 Å². The molecule has 2 aromatic rings. The van der Waals surface area contributed by atoms with E-state index in [1.54, 1.807) is 13.2 Å². The van der Waals surface area contributed by atoms with Crippen molar-refractivity contribution >= 4 is 11.8 Å². The van der Waals surface area contributed by atoms with Crippen molar-refractivity contribution in [1.29, 1.82) is 0 Å². The number of rotatable bonds is 11. The van der Waals surface area contributed by atoms with Crippen LogP contribution in [-0.2, 0) is 27.1 Å². The van der Waals surface area contributed by atoms with E-state index < -0.39 is 17.8 Å². The third-order valence-electron chi connectivity index (χ3n) is 8.66. The van der Waals surface area contributed by atoms with Crippen LogP contribution in [0.25, 0.3) is 0 Å². The van der Waals surface area contributed by atoms with Gasteiger partial charge in [-0.2, -0.15) is 0 Å². The van der Waals surface area contributed by atoms with Crippen LogP contribution in [0.2, 0.25) is 0 Å². The van der Waals surface area contributed by atoms with Gasteiger partial charge < -0.3 is 24.6 Å². The maximum Gasteiger partial charge on any atom is 0.325 e. The molecule has 0 bridgehead atoms. The minimum Gasteiger partial charge on any atom is -0.496 e. The molecular weight excluding hydrogens is 525 g/mol. The van der Waals surface area contributed by atoms with E-state index >= 15 is 0 Å². The normalized spacial score (nSPS) is 23.0. The average molecular weight is 570 g/mol. The largest absolute Gasteiger partial charge is 0.496 e. The lowest BCUT2D eigenvalue weighted by atomic mass is 9.82. The van der Waals surface area contributed by atoms with E-state index in [1.165, 1.54) is 12.1 Å². The van der Waals surface area contributed by atoms with Crippen LogP contribution in [0, 0.1) is 11.2 Å². The fourth-order valence-corrected chi connectivity index (χ4v) is 6.36. The predicted molar refractivity (Wildman–Crippen MR) is 155 cm³/mol. The number of fused-ring (bicyclic) bond motifs is 1. The minimum absolute atomic E-state index is 0.0493. The third kappa shape index (κ3) is 7.19. The number of hydrogen-bond acceptors (Lipinski definition) is 7. The van der Waals surface area contributed by atoms with Gasteiger partial charge in [0, 0.05) is 43.6 Å². The van der Waals surface area contributed by atoms with Crippen molar-refractivity contribution in [3.63, 3.8) is 0 Å². The van der Waals surface area contributed by atoms with Crippen LogP contribution in [0.4, 0.5) is 10.2 Å². The van der Waals surface area contributed by atoms with E-state index in [9.17, 15) is 14.3 Å². The lowest BCUT2D eigenvalue weighted by molar-refractivity contribution is -0.143. The molecule has 4 heterocycles. The van der Waals surface area contributed by atoms with Crippen molar-refractivity contribution in [1.82, 2.24) is 9.88 Å². The summed E-state index contributed by atoms with van der Waals surface area (Å²) in [6, 6.07) is 5.60. The fourth-order valence-electron chi connectivity index (χ4n) is 6.36. The van der Waals surface area contributed by atoms with E-state index in [0.29, 0.717) is 31.9 Å². The molecule has 5 rings (SSSR count). The molecule has 1 aromatic heterocycles. The maximum absolute atomic E-state index is 14.4. The number of carboxylic acids is 1. The van der Waals surface area contributed by atoms with E-state index in [2.05, 4.69) is 19.2 Å². The molecule has 0 radical (unpaired) electrons. The second-order valence-corrected chi connectivity index (χ2v) is 12.4. The number of carbonyl (C=O) groups is 1. The molecule has 3 atom stereocenters. The molecule has 0 saturated carbocycles. The van der Waals surface area contributed by atoms with Gasteiger partial charge in [0.2, 0.25) is 0 Å². The van der Waals surface area contributed by atoms with Gasteiger partial charge in [-0.1, -0.05) is 19.9 Å². The highest BCUT2D eigenvalue weighted by Crippen LogP contribution is 2.41. The van der Waals surface area contributed by atoms with Gasteiger partial charge in [-0.15, -0.1) is 0 Å². The number of anilines is 1. The highest BCUT2D eigenvalue weighted by atomic mass is 19.1. The molecule has 0 amide bonds. The number of hydrogen-bond donors (Lipinski definition) is 2. The molecule has 3 aliphatic rings. The number of aromatic nitrogens is 1. The Labute approximate surface area is 242 Å². The van der Waals surface area contributed by atoms with Crippen LogP contribution in [0.5, 0.6) is 5.75 Å². The summed E-state index contributed by atoms with van der Waals surface area (Å²) in [4.78, 5) is 19.3. The fraction of sp³-hybridized carbons (Fsp3) is 0.625. The number of methoxy groups -OCH3 is 1. The summed E-state index contributed by atoms with van der Waals surface area (Å²) in [6.07, 6.45) is 6.97. The average Bonchev–Trinajstić information content (AvgIpc) is 3.41. The van der Waals surface area contributed by atoms with Crippen LogP contribution in [0.15, 0.2) is 24.3 Å². The summed E-state index contributed by atoms with van der Waals surface area (Å²) in [5.41, 5.74) is 3.54. The van der Waals surface area contributed by atoms with Gasteiger partial charge in [0.15, 0.2) is 0 Å². The van der Waals surface area contributed by atoms with Crippen molar-refractivity contribution in [2.24, 2.45) is 5.41 Å². The smallest absolute Gasteiger partial charge is 0.325 e. The Hall–Kier alpha value is -2.75. The van der Waals surface area contributed by atoms with E-state index in [0.717, 1.165) is 86.3 Å². The van der Waals surface area contributed by atoms with Gasteiger partial charge in [-0.3, -0.25) is 9.69 Å². The van der Waals surface area contributed by atoms with Crippen molar-refractivity contribution < 1.29 is 28.5 Å². The van der Waals surface area contributed by atoms with Crippen LogP contribution < -0.4 is 10.1 Å². The first-order valence-electron chi connectivity index (χ1n) is 15.0. The Morgan fingerprint density at radius 3 is 2.90 bits per heavy atom. The van der Waals surface area contributed by atoms with Gasteiger partial charge in [0.1, 0.15) is 23.4 Å². The number of unbranched alkanes of at least 4 members (excludes halogenated alkanes) is 1. The summed E-state index contributed by atoms with van der Waals surface area (Å²) in [7, 11) is 1.71. The monoisotopic (exact) mass is 569 g/mol. The second-order valence-electron chi connectivity index (χ2n) is 12.4. The highest BCUT2D eigenvalue weighted by molar-refractivity contribution is 5.76. The molecule has 0 unspecified atom stereocenters. The van der Waals surface area contributed by atoms with Crippen molar-refractivity contribution in [3.8, 4) is 5.75 Å². The van der Waals surface area contributed by atoms with Gasteiger partial charge in [0.25, 0.3) is 0 Å². The zero-order valence-corrected chi connectivity index (χ0v) is 24.6. The number of aliphatic carboxylic acids is 1. The highest BCUT2D eigenvalue weighted by Gasteiger charge is 2.38. The number of likely N-dealkylation sites (tertiary alicyclic amines) is 1. The number of aryl methyl sites for hydroxylation is 1. The summed E-state index contributed by atoms with van der Waals surface area (Å²) in [5, 5.41) is 13.7. The Balaban J connectivity index is 1.15. The standard InChI is InChI=1S/C32H44FN3O5/c1-32(2)13-11-27(41-20-32)24-10-9-21(33)17-26(24)29(31(37)38)36-15-12-23(19-36)40-16-5-4-7-22-18-28(39-3)25-8-6-14-34-30(25)35-22/h9-10,17-18,23,27,29H,4-8,11-16,19-20H2,1-3H3,(H,34,35)(H,37,38)/t23-,27-,29-/m1/s1. The molecule has 3 aliphatic heterocycles. The minimum atomic E-state index is -0.976. The first kappa shape index (κ1) is 29.7. The number of nitrogens with zero attached hydrogens (tertiary/aromatic N) is 2. The van der Waals surface area contributed by atoms with Gasteiger partial charge in [-0.05, 0) is 80.0 Å². The molecule has 0 spiro atoms. The quantitative estimate of drug-likeness (QED) is 0.333. The molecule has 1 aromatic carbocycles. The lowest BCUT2D eigenvalue weighted by Gasteiger charge is -2.36. The Morgan fingerprint density at radius 1 is 1.29 bits per heavy atom. The predicted octanol–water partition coefficient (Wildman–Crippen LogP) is 5.70. The molecule has 224 valence electrons. The molecule has 2 saturated heterocycles. The summed E-state index contributed by atoms with van der Waals surface area (Å²) >= 11 is 0. The van der Waals surface area contributed by atoms with Gasteiger partial charge >= 0.3 is 5.97 Å². The van der Waals surface area contributed by atoms with Crippen LogP contribution in [-0.4, -0.2) is 67.0 Å². The molecular formula is C32H44FN3O5. The zero-order chi connectivity index (χ0) is 29.0.